The van der Waals surface area contributed by atoms with Gasteiger partial charge in [-0.1, -0.05) is 23.2 Å². The van der Waals surface area contributed by atoms with Gasteiger partial charge in [0.15, 0.2) is 6.10 Å². The van der Waals surface area contributed by atoms with Crippen LogP contribution in [0.15, 0.2) is 12.1 Å². The molecule has 1 aromatic rings. The number of hydrogen-bond acceptors (Lipinski definition) is 4. The largest absolute Gasteiger partial charge is 0.508 e. The molecule has 0 saturated carbocycles. The zero-order valence-electron chi connectivity index (χ0n) is 9.52. The average molecular weight is 294 g/mol. The van der Waals surface area contributed by atoms with E-state index in [1.54, 1.807) is 6.92 Å². The summed E-state index contributed by atoms with van der Waals surface area (Å²) in [6, 6.07) is 2.12. The van der Waals surface area contributed by atoms with Crippen LogP contribution in [0.25, 0.3) is 0 Å². The van der Waals surface area contributed by atoms with Crippen molar-refractivity contribution in [2.24, 2.45) is 0 Å². The number of aliphatic hydroxyl groups excluding tert-OH is 2. The zero-order valence-corrected chi connectivity index (χ0v) is 11.0. The number of phenols is 1. The lowest BCUT2D eigenvalue weighted by Gasteiger charge is -2.19. The molecule has 2 atom stereocenters. The Kier molecular flexibility index (Phi) is 5.22. The molecule has 1 aromatic carbocycles. The molecule has 18 heavy (non-hydrogen) atoms. The monoisotopic (exact) mass is 293 g/mol. The Hall–Kier alpha value is -1.01. The van der Waals surface area contributed by atoms with Gasteiger partial charge in [-0.3, -0.25) is 4.79 Å². The third-order valence-corrected chi connectivity index (χ3v) is 3.20. The van der Waals surface area contributed by atoms with Gasteiger partial charge in [0.25, 0.3) is 5.91 Å². The molecule has 100 valence electrons. The Bertz CT molecular complexity index is 453. The van der Waals surface area contributed by atoms with Crippen LogP contribution in [-0.2, 0) is 4.79 Å². The SMILES string of the molecule is C[C@H](NC(=O)[C@H](O)CO)c1c(O)ccc(Cl)c1Cl. The minimum atomic E-state index is -1.52. The highest BCUT2D eigenvalue weighted by Crippen LogP contribution is 2.36. The van der Waals surface area contributed by atoms with Gasteiger partial charge in [-0.2, -0.15) is 0 Å². The van der Waals surface area contributed by atoms with Crippen LogP contribution in [0.3, 0.4) is 0 Å². The van der Waals surface area contributed by atoms with E-state index < -0.39 is 24.7 Å². The van der Waals surface area contributed by atoms with Gasteiger partial charge in [0, 0.05) is 5.56 Å². The number of nitrogens with one attached hydrogen (secondary N) is 1. The summed E-state index contributed by atoms with van der Waals surface area (Å²) in [6.07, 6.45) is -1.52. The minimum absolute atomic E-state index is 0.115. The number of phenolic OH excluding ortho intramolecular Hbond substituents is 1. The molecule has 7 heteroatoms. The van der Waals surface area contributed by atoms with E-state index in [1.165, 1.54) is 12.1 Å². The summed E-state index contributed by atoms with van der Waals surface area (Å²) >= 11 is 11.7. The smallest absolute Gasteiger partial charge is 0.251 e. The number of carbonyl (C=O) groups excluding carboxylic acids is 1. The summed E-state index contributed by atoms with van der Waals surface area (Å²) in [5, 5.41) is 30.2. The average Bonchev–Trinajstić information content (AvgIpc) is 2.33. The number of halogens is 2. The Labute approximate surface area is 114 Å². The molecule has 0 aliphatic carbocycles. The molecule has 0 spiro atoms. The quantitative estimate of drug-likeness (QED) is 0.672. The van der Waals surface area contributed by atoms with Gasteiger partial charge in [0.1, 0.15) is 5.75 Å². The Morgan fingerprint density at radius 2 is 2.06 bits per heavy atom. The first kappa shape index (κ1) is 15.0. The molecule has 1 amide bonds. The lowest BCUT2D eigenvalue weighted by atomic mass is 10.1. The molecule has 0 aliphatic heterocycles. The van der Waals surface area contributed by atoms with Crippen molar-refractivity contribution in [3.05, 3.63) is 27.7 Å². The maximum absolute atomic E-state index is 11.4. The number of rotatable bonds is 4. The van der Waals surface area contributed by atoms with Crippen LogP contribution in [-0.4, -0.2) is 33.9 Å². The predicted octanol–water partition coefficient (Wildman–Crippen LogP) is 1.23. The number of aromatic hydroxyl groups is 1. The van der Waals surface area contributed by atoms with E-state index >= 15 is 0 Å². The molecule has 0 saturated heterocycles. The highest BCUT2D eigenvalue weighted by Gasteiger charge is 2.21. The second kappa shape index (κ2) is 6.24. The van der Waals surface area contributed by atoms with Crippen LogP contribution in [0, 0.1) is 0 Å². The van der Waals surface area contributed by atoms with E-state index in [4.69, 9.17) is 33.4 Å². The number of hydrogen-bond donors (Lipinski definition) is 4. The number of amides is 1. The molecule has 1 rings (SSSR count). The Morgan fingerprint density at radius 1 is 1.44 bits per heavy atom. The van der Waals surface area contributed by atoms with E-state index in [-0.39, 0.29) is 21.4 Å². The van der Waals surface area contributed by atoms with Crippen LogP contribution in [0.2, 0.25) is 10.0 Å². The van der Waals surface area contributed by atoms with Crippen LogP contribution in [0.5, 0.6) is 5.75 Å². The molecular weight excluding hydrogens is 281 g/mol. The second-order valence-corrected chi connectivity index (χ2v) is 4.51. The van der Waals surface area contributed by atoms with Gasteiger partial charge in [-0.15, -0.1) is 0 Å². The lowest BCUT2D eigenvalue weighted by molar-refractivity contribution is -0.131. The fourth-order valence-corrected chi connectivity index (χ4v) is 1.92. The van der Waals surface area contributed by atoms with Crippen molar-refractivity contribution in [3.8, 4) is 5.75 Å². The maximum Gasteiger partial charge on any atom is 0.251 e. The van der Waals surface area contributed by atoms with Gasteiger partial charge in [0.05, 0.1) is 22.7 Å². The van der Waals surface area contributed by atoms with Crippen molar-refractivity contribution in [2.45, 2.75) is 19.1 Å². The highest BCUT2D eigenvalue weighted by atomic mass is 35.5. The molecular formula is C11H13Cl2NO4. The van der Waals surface area contributed by atoms with Crippen molar-refractivity contribution in [3.63, 3.8) is 0 Å². The third kappa shape index (κ3) is 3.26. The van der Waals surface area contributed by atoms with Crippen molar-refractivity contribution >= 4 is 29.1 Å². The normalized spacial score (nSPS) is 14.1. The molecule has 0 bridgehead atoms. The zero-order chi connectivity index (χ0) is 13.9. The van der Waals surface area contributed by atoms with Gasteiger partial charge in [-0.25, -0.2) is 0 Å². The van der Waals surface area contributed by atoms with E-state index in [9.17, 15) is 9.90 Å². The Balaban J connectivity index is 2.94. The summed E-state index contributed by atoms with van der Waals surface area (Å²) < 4.78 is 0. The summed E-state index contributed by atoms with van der Waals surface area (Å²) in [6.45, 7) is 0.882. The number of aliphatic hydroxyl groups is 2. The molecule has 0 fully saturated rings. The summed E-state index contributed by atoms with van der Waals surface area (Å²) in [5.74, 6) is -0.879. The van der Waals surface area contributed by atoms with Crippen molar-refractivity contribution in [2.75, 3.05) is 6.61 Å². The number of benzene rings is 1. The topological polar surface area (TPSA) is 89.8 Å². The van der Waals surface area contributed by atoms with Gasteiger partial charge in [0.2, 0.25) is 0 Å². The van der Waals surface area contributed by atoms with Gasteiger partial charge < -0.3 is 20.6 Å². The van der Waals surface area contributed by atoms with E-state index in [2.05, 4.69) is 5.32 Å². The molecule has 0 aliphatic rings. The summed E-state index contributed by atoms with van der Waals surface area (Å²) in [5.41, 5.74) is 0.252. The predicted molar refractivity (Wildman–Crippen MR) is 67.8 cm³/mol. The van der Waals surface area contributed by atoms with Crippen LogP contribution in [0.4, 0.5) is 0 Å². The third-order valence-electron chi connectivity index (χ3n) is 2.38. The lowest BCUT2D eigenvalue weighted by Crippen LogP contribution is -2.38. The van der Waals surface area contributed by atoms with Gasteiger partial charge >= 0.3 is 0 Å². The van der Waals surface area contributed by atoms with E-state index in [0.29, 0.717) is 0 Å². The Morgan fingerprint density at radius 3 is 2.61 bits per heavy atom. The molecule has 0 unspecified atom stereocenters. The first-order chi connectivity index (χ1) is 8.38. The first-order valence-electron chi connectivity index (χ1n) is 5.14. The fourth-order valence-electron chi connectivity index (χ4n) is 1.43. The van der Waals surface area contributed by atoms with Gasteiger partial charge in [-0.05, 0) is 19.1 Å². The summed E-state index contributed by atoms with van der Waals surface area (Å²) in [7, 11) is 0. The summed E-state index contributed by atoms with van der Waals surface area (Å²) in [4.78, 5) is 11.4. The number of carbonyl (C=O) groups is 1. The minimum Gasteiger partial charge on any atom is -0.508 e. The highest BCUT2D eigenvalue weighted by molar-refractivity contribution is 6.42. The standard InChI is InChI=1S/C11H13Cl2NO4/c1-5(14-11(18)8(17)4-15)9-7(16)3-2-6(12)10(9)13/h2-3,5,8,15-17H,4H2,1H3,(H,14,18)/t5-,8+/m0/s1. The van der Waals surface area contributed by atoms with Crippen LogP contribution < -0.4 is 5.32 Å². The maximum atomic E-state index is 11.4. The fraction of sp³-hybridized carbons (Fsp3) is 0.364. The van der Waals surface area contributed by atoms with Crippen LogP contribution in [0.1, 0.15) is 18.5 Å². The molecule has 4 N–H and O–H groups in total. The second-order valence-electron chi connectivity index (χ2n) is 3.72. The molecule has 0 aromatic heterocycles. The van der Waals surface area contributed by atoms with Crippen molar-refractivity contribution in [1.82, 2.24) is 5.32 Å². The van der Waals surface area contributed by atoms with Crippen molar-refractivity contribution < 1.29 is 20.1 Å². The molecule has 0 heterocycles. The van der Waals surface area contributed by atoms with E-state index in [1.807, 2.05) is 0 Å². The van der Waals surface area contributed by atoms with E-state index in [0.717, 1.165) is 0 Å². The van der Waals surface area contributed by atoms with Crippen molar-refractivity contribution in [1.29, 1.82) is 0 Å². The first-order valence-corrected chi connectivity index (χ1v) is 5.90. The molecule has 5 nitrogen and oxygen atoms in total. The van der Waals surface area contributed by atoms with Crippen LogP contribution >= 0.6 is 23.2 Å². The molecule has 0 radical (unpaired) electrons.